The lowest BCUT2D eigenvalue weighted by molar-refractivity contribution is 0.500. The molecule has 0 unspecified atom stereocenters. The van der Waals surface area contributed by atoms with Gasteiger partial charge in [0, 0.05) is 0 Å². The SMILES string of the molecule is CCCCCCCCCCCCCCCCCCCCCCCCCCCCCCCCCCCCCCCCCCCCCCCCCCCCCCCCCCCCCCCCCCCCCCCCCCCCCCCCCCCCCCCCCCCCCCCCCC(C)C. The van der Waals surface area contributed by atoms with Gasteiger partial charge in [-0.1, -0.05) is 637 Å². The van der Waals surface area contributed by atoms with E-state index in [1.165, 1.54) is 616 Å². The summed E-state index contributed by atoms with van der Waals surface area (Å²) in [4.78, 5) is 0. The first-order valence-electron chi connectivity index (χ1n) is 49.8. The smallest absolute Gasteiger partial charge is 0.0471 e. The van der Waals surface area contributed by atoms with Crippen molar-refractivity contribution >= 4 is 0 Å². The van der Waals surface area contributed by atoms with E-state index in [4.69, 9.17) is 0 Å². The average Bonchev–Trinajstić information content (AvgIpc) is 3.66. The van der Waals surface area contributed by atoms with Crippen LogP contribution < -0.4 is 0 Å². The molecule has 0 nitrogen and oxygen atoms in total. The highest BCUT2D eigenvalue weighted by Gasteiger charge is 2.04. The molecule has 0 amide bonds. The Morgan fingerprint density at radius 1 is 0.0900 bits per heavy atom. The fourth-order valence-electron chi connectivity index (χ4n) is 17.1. The summed E-state index contributed by atoms with van der Waals surface area (Å²) in [5.41, 5.74) is 0. The van der Waals surface area contributed by atoms with Crippen LogP contribution in [0.3, 0.4) is 0 Å². The van der Waals surface area contributed by atoms with Crippen LogP contribution in [-0.4, -0.2) is 0 Å². The molecule has 0 radical (unpaired) electrons. The standard InChI is InChI=1S/C100H202/c1-4-5-6-7-8-9-10-11-12-13-14-15-16-17-18-19-20-21-22-23-24-25-26-27-28-29-30-31-32-33-34-35-36-37-38-39-40-41-42-43-44-45-46-47-48-49-50-51-52-53-54-55-56-57-58-59-60-61-62-63-64-65-66-67-68-69-70-71-72-73-74-75-76-77-78-79-80-81-82-83-84-85-86-87-88-89-90-91-92-93-94-95-96-97-98-99-100(2)3/h100H,4-99H2,1-3H3. The van der Waals surface area contributed by atoms with E-state index in [-0.39, 0.29) is 0 Å². The van der Waals surface area contributed by atoms with E-state index >= 15 is 0 Å². The topological polar surface area (TPSA) is 0 Å². The first kappa shape index (κ1) is 100. The highest BCUT2D eigenvalue weighted by atomic mass is 14.1. The largest absolute Gasteiger partial charge is 0.0654 e. The number of unbranched alkanes of at least 4 members (excludes halogenated alkanes) is 94. The van der Waals surface area contributed by atoms with Crippen molar-refractivity contribution in [3.63, 3.8) is 0 Å². The molecule has 100 heavy (non-hydrogen) atoms. The summed E-state index contributed by atoms with van der Waals surface area (Å²) in [6, 6.07) is 0. The predicted molar refractivity (Wildman–Crippen MR) is 464 cm³/mol. The second-order valence-corrected chi connectivity index (χ2v) is 35.4. The molecule has 602 valence electrons. The monoisotopic (exact) mass is 1400 g/mol. The van der Waals surface area contributed by atoms with Crippen LogP contribution in [0.5, 0.6) is 0 Å². The number of hydrogen-bond acceptors (Lipinski definition) is 0. The molecule has 0 heterocycles. The lowest BCUT2D eigenvalue weighted by Gasteiger charge is -2.05. The van der Waals surface area contributed by atoms with Gasteiger partial charge in [0.25, 0.3) is 0 Å². The Hall–Kier alpha value is 0. The van der Waals surface area contributed by atoms with Crippen LogP contribution >= 0.6 is 0 Å². The van der Waals surface area contributed by atoms with Gasteiger partial charge in [0.05, 0.1) is 0 Å². The van der Waals surface area contributed by atoms with Crippen molar-refractivity contribution in [1.29, 1.82) is 0 Å². The maximum Gasteiger partial charge on any atom is -0.0471 e. The van der Waals surface area contributed by atoms with Gasteiger partial charge in [0.2, 0.25) is 0 Å². The lowest BCUT2D eigenvalue weighted by Crippen LogP contribution is -1.87. The minimum atomic E-state index is 0.894. The zero-order valence-corrected chi connectivity index (χ0v) is 71.5. The molecule has 0 aliphatic heterocycles. The molecule has 0 saturated heterocycles. The quantitative estimate of drug-likeness (QED) is 0.0533. The van der Waals surface area contributed by atoms with Gasteiger partial charge in [-0.05, 0) is 5.92 Å². The molecule has 0 rings (SSSR count). The highest BCUT2D eigenvalue weighted by molar-refractivity contribution is 4.60. The minimum Gasteiger partial charge on any atom is -0.0654 e. The Morgan fingerprint density at radius 3 is 0.210 bits per heavy atom. The van der Waals surface area contributed by atoms with E-state index in [1.54, 1.807) is 0 Å². The van der Waals surface area contributed by atoms with E-state index in [9.17, 15) is 0 Å². The summed E-state index contributed by atoms with van der Waals surface area (Å²) in [5.74, 6) is 0.894. The molecule has 0 saturated carbocycles. The zero-order valence-electron chi connectivity index (χ0n) is 71.5. The third-order valence-electron chi connectivity index (χ3n) is 24.4. The van der Waals surface area contributed by atoms with Gasteiger partial charge in [-0.3, -0.25) is 0 Å². The van der Waals surface area contributed by atoms with Crippen molar-refractivity contribution in [1.82, 2.24) is 0 Å². The van der Waals surface area contributed by atoms with Gasteiger partial charge in [-0.25, -0.2) is 0 Å². The number of hydrogen-bond donors (Lipinski definition) is 0. The van der Waals surface area contributed by atoms with Crippen LogP contribution in [-0.2, 0) is 0 Å². The Kier molecular flexibility index (Phi) is 97.0. The molecular formula is C100H202. The fraction of sp³-hybridized carbons (Fsp3) is 1.00. The second kappa shape index (κ2) is 97.0. The van der Waals surface area contributed by atoms with Gasteiger partial charge in [0.1, 0.15) is 0 Å². The van der Waals surface area contributed by atoms with E-state index < -0.39 is 0 Å². The van der Waals surface area contributed by atoms with Crippen LogP contribution in [0.15, 0.2) is 0 Å². The minimum absolute atomic E-state index is 0.894. The van der Waals surface area contributed by atoms with Crippen LogP contribution in [0.4, 0.5) is 0 Å². The molecule has 0 N–H and O–H groups in total. The van der Waals surface area contributed by atoms with Gasteiger partial charge >= 0.3 is 0 Å². The van der Waals surface area contributed by atoms with Gasteiger partial charge in [-0.2, -0.15) is 0 Å². The lowest BCUT2D eigenvalue weighted by atomic mass is 10.0. The molecule has 0 atom stereocenters. The first-order valence-corrected chi connectivity index (χ1v) is 49.8. The Morgan fingerprint density at radius 2 is 0.150 bits per heavy atom. The summed E-state index contributed by atoms with van der Waals surface area (Å²) < 4.78 is 0. The summed E-state index contributed by atoms with van der Waals surface area (Å²) in [5, 5.41) is 0. The summed E-state index contributed by atoms with van der Waals surface area (Å²) in [6.07, 6.45) is 143. The zero-order chi connectivity index (χ0) is 71.5. The third kappa shape index (κ3) is 98.0. The molecule has 0 aromatic carbocycles. The summed E-state index contributed by atoms with van der Waals surface area (Å²) in [7, 11) is 0. The van der Waals surface area contributed by atoms with Crippen LogP contribution in [0.2, 0.25) is 0 Å². The molecule has 0 aliphatic carbocycles. The summed E-state index contributed by atoms with van der Waals surface area (Å²) >= 11 is 0. The fourth-order valence-corrected chi connectivity index (χ4v) is 17.1. The van der Waals surface area contributed by atoms with Crippen molar-refractivity contribution < 1.29 is 0 Å². The van der Waals surface area contributed by atoms with Crippen molar-refractivity contribution in [3.05, 3.63) is 0 Å². The van der Waals surface area contributed by atoms with E-state index in [0.717, 1.165) is 5.92 Å². The van der Waals surface area contributed by atoms with Crippen LogP contribution in [0, 0.1) is 5.92 Å². The molecule has 0 aliphatic rings. The van der Waals surface area contributed by atoms with E-state index in [2.05, 4.69) is 20.8 Å². The molecule has 0 aromatic rings. The summed E-state index contributed by atoms with van der Waals surface area (Å²) in [6.45, 7) is 7.04. The first-order chi connectivity index (χ1) is 49.8. The Labute approximate surface area is 639 Å². The maximum absolute atomic E-state index is 2.36. The Bertz CT molecular complexity index is 1310. The van der Waals surface area contributed by atoms with Gasteiger partial charge in [-0.15, -0.1) is 0 Å². The molecule has 0 fully saturated rings. The Balaban J connectivity index is 3.09. The van der Waals surface area contributed by atoms with Crippen LogP contribution in [0.25, 0.3) is 0 Å². The number of rotatable bonds is 96. The third-order valence-corrected chi connectivity index (χ3v) is 24.4. The van der Waals surface area contributed by atoms with Gasteiger partial charge < -0.3 is 0 Å². The predicted octanol–water partition coefficient (Wildman–Crippen LogP) is 39.1. The maximum atomic E-state index is 2.36. The highest BCUT2D eigenvalue weighted by Crippen LogP contribution is 2.24. The van der Waals surface area contributed by atoms with Crippen molar-refractivity contribution in [3.8, 4) is 0 Å². The molecule has 0 spiro atoms. The van der Waals surface area contributed by atoms with Crippen LogP contribution in [0.1, 0.15) is 637 Å². The molecule has 0 bridgehead atoms. The molecule has 0 aromatic heterocycles. The van der Waals surface area contributed by atoms with Crippen molar-refractivity contribution in [2.45, 2.75) is 637 Å². The van der Waals surface area contributed by atoms with Crippen molar-refractivity contribution in [2.75, 3.05) is 0 Å². The normalized spacial score (nSPS) is 11.9. The average molecular weight is 1400 g/mol. The van der Waals surface area contributed by atoms with E-state index in [1.807, 2.05) is 0 Å². The van der Waals surface area contributed by atoms with Gasteiger partial charge in [0.15, 0.2) is 0 Å². The van der Waals surface area contributed by atoms with Crippen molar-refractivity contribution in [2.24, 2.45) is 5.92 Å². The second-order valence-electron chi connectivity index (χ2n) is 35.4. The molecular weight excluding hydrogens is 1200 g/mol. The molecule has 0 heteroatoms. The van der Waals surface area contributed by atoms with E-state index in [0.29, 0.717) is 0 Å².